The zero-order valence-electron chi connectivity index (χ0n) is 22.7. The number of esters is 1. The van der Waals surface area contributed by atoms with Crippen molar-refractivity contribution in [2.24, 2.45) is 5.92 Å². The third-order valence-corrected chi connectivity index (χ3v) is 8.05. The summed E-state index contributed by atoms with van der Waals surface area (Å²) in [5.41, 5.74) is 7.18. The van der Waals surface area contributed by atoms with Crippen LogP contribution in [0.2, 0.25) is 0 Å². The number of hydrogen-bond acceptors (Lipinski definition) is 5. The number of hydrogen-bond donors (Lipinski definition) is 0. The highest BCUT2D eigenvalue weighted by molar-refractivity contribution is 5.91. The molecule has 0 spiro atoms. The van der Waals surface area contributed by atoms with Crippen LogP contribution in [0.1, 0.15) is 57.8 Å². The smallest absolute Gasteiger partial charge is 0.337 e. The van der Waals surface area contributed by atoms with E-state index in [4.69, 9.17) is 9.47 Å². The molecule has 0 saturated heterocycles. The average molecular weight is 526 g/mol. The summed E-state index contributed by atoms with van der Waals surface area (Å²) in [6.45, 7) is 1.54. The van der Waals surface area contributed by atoms with Gasteiger partial charge in [-0.15, -0.1) is 0 Å². The van der Waals surface area contributed by atoms with Crippen molar-refractivity contribution in [1.82, 2.24) is 4.90 Å². The summed E-state index contributed by atoms with van der Waals surface area (Å²) < 4.78 is 10.0. The van der Waals surface area contributed by atoms with Crippen molar-refractivity contribution in [1.29, 1.82) is 0 Å². The quantitative estimate of drug-likeness (QED) is 0.333. The first-order valence-corrected chi connectivity index (χ1v) is 13.7. The Morgan fingerprint density at radius 1 is 0.923 bits per heavy atom. The Balaban J connectivity index is 1.39. The second kappa shape index (κ2) is 12.0. The molecule has 39 heavy (non-hydrogen) atoms. The van der Waals surface area contributed by atoms with Gasteiger partial charge in [-0.3, -0.25) is 9.59 Å². The molecule has 202 valence electrons. The van der Waals surface area contributed by atoms with E-state index in [2.05, 4.69) is 24.3 Å². The lowest BCUT2D eigenvalue weighted by molar-refractivity contribution is -0.133. The Bertz CT molecular complexity index is 1370. The second-order valence-electron chi connectivity index (χ2n) is 10.4. The Kier molecular flexibility index (Phi) is 8.22. The summed E-state index contributed by atoms with van der Waals surface area (Å²) in [6.07, 6.45) is 3.14. The molecule has 2 unspecified atom stereocenters. The third-order valence-electron chi connectivity index (χ3n) is 8.05. The predicted octanol–water partition coefficient (Wildman–Crippen LogP) is 5.37. The van der Waals surface area contributed by atoms with Gasteiger partial charge in [0, 0.05) is 32.5 Å². The van der Waals surface area contributed by atoms with Crippen LogP contribution in [0.5, 0.6) is 0 Å². The minimum atomic E-state index is -0.371. The van der Waals surface area contributed by atoms with Crippen molar-refractivity contribution in [2.75, 3.05) is 27.4 Å². The summed E-state index contributed by atoms with van der Waals surface area (Å²) in [7, 11) is 2.98. The van der Waals surface area contributed by atoms with Gasteiger partial charge in [0.2, 0.25) is 5.91 Å². The molecule has 6 nitrogen and oxygen atoms in total. The normalized spacial score (nSPS) is 17.8. The summed E-state index contributed by atoms with van der Waals surface area (Å²) in [5.74, 6) is 0.467. The van der Waals surface area contributed by atoms with Gasteiger partial charge in [-0.2, -0.15) is 0 Å². The number of benzene rings is 3. The number of ether oxygens (including phenoxy) is 2. The number of amides is 1. The van der Waals surface area contributed by atoms with Gasteiger partial charge < -0.3 is 14.4 Å². The molecule has 1 aliphatic heterocycles. The fourth-order valence-corrected chi connectivity index (χ4v) is 5.80. The van der Waals surface area contributed by atoms with E-state index >= 15 is 0 Å². The van der Waals surface area contributed by atoms with Crippen LogP contribution in [-0.4, -0.2) is 49.9 Å². The molecule has 0 bridgehead atoms. The summed E-state index contributed by atoms with van der Waals surface area (Å²) in [5, 5.41) is 0. The van der Waals surface area contributed by atoms with E-state index in [0.717, 1.165) is 28.7 Å². The Hall–Kier alpha value is -3.77. The third kappa shape index (κ3) is 5.96. The molecule has 1 saturated carbocycles. The lowest BCUT2D eigenvalue weighted by Gasteiger charge is -2.32. The monoisotopic (exact) mass is 525 g/mol. The summed E-state index contributed by atoms with van der Waals surface area (Å²) in [4.78, 5) is 40.0. The van der Waals surface area contributed by atoms with Gasteiger partial charge in [0.15, 0.2) is 0 Å². The van der Waals surface area contributed by atoms with E-state index < -0.39 is 0 Å². The van der Waals surface area contributed by atoms with Crippen molar-refractivity contribution in [2.45, 2.75) is 44.6 Å². The van der Waals surface area contributed by atoms with E-state index in [-0.39, 0.29) is 17.8 Å². The highest BCUT2D eigenvalue weighted by Gasteiger charge is 2.43. The van der Waals surface area contributed by atoms with Gasteiger partial charge in [-0.05, 0) is 70.7 Å². The minimum Gasteiger partial charge on any atom is -0.465 e. The van der Waals surface area contributed by atoms with Crippen LogP contribution in [0, 0.1) is 5.92 Å². The van der Waals surface area contributed by atoms with Gasteiger partial charge >= 0.3 is 5.97 Å². The van der Waals surface area contributed by atoms with E-state index in [1.165, 1.54) is 18.2 Å². The first-order valence-electron chi connectivity index (χ1n) is 13.7. The number of Topliss-reactive ketones (excluding diaryl/α,β-unsaturated/α-hetero) is 1. The molecule has 1 fully saturated rings. The van der Waals surface area contributed by atoms with Crippen LogP contribution >= 0.6 is 0 Å². The minimum absolute atomic E-state index is 0.0753. The Labute approximate surface area is 229 Å². The number of aryl methyl sites for hydroxylation is 1. The van der Waals surface area contributed by atoms with E-state index in [1.54, 1.807) is 13.2 Å². The van der Waals surface area contributed by atoms with Crippen molar-refractivity contribution >= 4 is 17.7 Å². The predicted molar refractivity (Wildman–Crippen MR) is 149 cm³/mol. The summed E-state index contributed by atoms with van der Waals surface area (Å²) >= 11 is 0. The number of carbonyl (C=O) groups excluding carboxylic acids is 3. The van der Waals surface area contributed by atoms with Crippen molar-refractivity contribution in [3.8, 4) is 11.1 Å². The number of nitrogens with zero attached hydrogens (tertiary/aromatic N) is 1. The van der Waals surface area contributed by atoms with Crippen molar-refractivity contribution in [3.63, 3.8) is 0 Å². The van der Waals surface area contributed by atoms with Crippen molar-refractivity contribution in [3.05, 3.63) is 94.5 Å². The molecule has 0 N–H and O–H groups in total. The maximum absolute atomic E-state index is 13.1. The zero-order chi connectivity index (χ0) is 27.4. The lowest BCUT2D eigenvalue weighted by Crippen LogP contribution is -2.37. The second-order valence-corrected chi connectivity index (χ2v) is 10.4. The molecular formula is C33H35NO5. The first-order chi connectivity index (χ1) is 19.0. The van der Waals surface area contributed by atoms with Crippen LogP contribution in [0.15, 0.2) is 66.7 Å². The van der Waals surface area contributed by atoms with E-state index in [0.29, 0.717) is 62.6 Å². The topological polar surface area (TPSA) is 72.9 Å². The molecule has 2 aliphatic rings. The highest BCUT2D eigenvalue weighted by Crippen LogP contribution is 2.48. The van der Waals surface area contributed by atoms with Crippen LogP contribution in [-0.2, 0) is 38.4 Å². The molecule has 5 rings (SSSR count). The van der Waals surface area contributed by atoms with Crippen LogP contribution in [0.4, 0.5) is 0 Å². The Morgan fingerprint density at radius 3 is 2.51 bits per heavy atom. The van der Waals surface area contributed by atoms with Gasteiger partial charge in [-0.1, -0.05) is 54.6 Å². The standard InChI is InChI=1S/C33H35NO5/c1-38-18-16-32(36)34-17-15-27-26(24-9-6-10-25(19-24)33(37)39-2)13-11-23(30(27)21-34)12-14-31(35)29-20-28(29)22-7-4-3-5-8-22/h3-11,13,19,28-29H,12,14-18,20-21H2,1-2H3. The fraction of sp³-hybridized carbons (Fsp3) is 0.364. The van der Waals surface area contributed by atoms with Gasteiger partial charge in [0.05, 0.1) is 25.7 Å². The van der Waals surface area contributed by atoms with E-state index in [9.17, 15) is 14.4 Å². The van der Waals surface area contributed by atoms with Gasteiger partial charge in [0.25, 0.3) is 0 Å². The molecule has 2 atom stereocenters. The van der Waals surface area contributed by atoms with Gasteiger partial charge in [-0.25, -0.2) is 4.79 Å². The summed E-state index contributed by atoms with van der Waals surface area (Å²) in [6, 6.07) is 21.9. The number of carbonyl (C=O) groups is 3. The fourth-order valence-electron chi connectivity index (χ4n) is 5.80. The van der Waals surface area contributed by atoms with Crippen LogP contribution in [0.25, 0.3) is 11.1 Å². The van der Waals surface area contributed by atoms with Gasteiger partial charge in [0.1, 0.15) is 5.78 Å². The molecule has 3 aromatic rings. The molecular weight excluding hydrogens is 490 g/mol. The lowest BCUT2D eigenvalue weighted by atomic mass is 9.85. The number of rotatable bonds is 10. The van der Waals surface area contributed by atoms with Crippen LogP contribution in [0.3, 0.4) is 0 Å². The van der Waals surface area contributed by atoms with Crippen LogP contribution < -0.4 is 0 Å². The zero-order valence-corrected chi connectivity index (χ0v) is 22.7. The molecule has 0 aromatic heterocycles. The molecule has 3 aromatic carbocycles. The number of ketones is 1. The molecule has 1 heterocycles. The van der Waals surface area contributed by atoms with Crippen molar-refractivity contribution < 1.29 is 23.9 Å². The number of fused-ring (bicyclic) bond motifs is 1. The number of methoxy groups -OCH3 is 2. The molecule has 1 aliphatic carbocycles. The maximum atomic E-state index is 13.1. The largest absolute Gasteiger partial charge is 0.465 e. The Morgan fingerprint density at radius 2 is 1.74 bits per heavy atom. The SMILES string of the molecule is COCCC(=O)N1CCc2c(-c3cccc(C(=O)OC)c3)ccc(CCC(=O)C3CC3c3ccccc3)c2C1. The maximum Gasteiger partial charge on any atom is 0.337 e. The first kappa shape index (κ1) is 26.8. The molecule has 6 heteroatoms. The van der Waals surface area contributed by atoms with E-state index in [1.807, 2.05) is 41.3 Å². The highest BCUT2D eigenvalue weighted by atomic mass is 16.5. The molecule has 1 amide bonds. The molecule has 0 radical (unpaired) electrons. The average Bonchev–Trinajstić information content (AvgIpc) is 3.79.